The first-order valence-electron chi connectivity index (χ1n) is 4.93. The zero-order valence-corrected chi connectivity index (χ0v) is 8.44. The van der Waals surface area contributed by atoms with Crippen molar-refractivity contribution in [2.45, 2.75) is 25.7 Å². The molecule has 0 radical (unpaired) electrons. The highest BCUT2D eigenvalue weighted by molar-refractivity contribution is 7.91. The Hall–Kier alpha value is -0.310. The van der Waals surface area contributed by atoms with Crippen LogP contribution in [0.25, 0.3) is 0 Å². The Morgan fingerprint density at radius 3 is 1.77 bits per heavy atom. The van der Waals surface area contributed by atoms with Crippen LogP contribution < -0.4 is 0 Å². The Labute approximate surface area is 78.9 Å². The summed E-state index contributed by atoms with van der Waals surface area (Å²) in [6.45, 7) is 0. The van der Waals surface area contributed by atoms with E-state index in [1.54, 1.807) is 0 Å². The van der Waals surface area contributed by atoms with Crippen LogP contribution in [0.1, 0.15) is 25.7 Å². The van der Waals surface area contributed by atoms with E-state index in [1.807, 2.05) is 0 Å². The van der Waals surface area contributed by atoms with Crippen molar-refractivity contribution in [1.82, 2.24) is 0 Å². The predicted octanol–water partition coefficient (Wildman–Crippen LogP) is 1.53. The third kappa shape index (κ3) is 0.815. The molecule has 2 nitrogen and oxygen atoms in total. The Balaban J connectivity index is 2.11. The normalized spacial score (nSPS) is 50.8. The van der Waals surface area contributed by atoms with E-state index in [9.17, 15) is 8.42 Å². The summed E-state index contributed by atoms with van der Waals surface area (Å²) in [5.41, 5.74) is 0.334. The highest BCUT2D eigenvalue weighted by Gasteiger charge is 2.65. The lowest BCUT2D eigenvalue weighted by molar-refractivity contribution is -0.0325. The van der Waals surface area contributed by atoms with Gasteiger partial charge in [-0.05, 0) is 36.5 Å². The largest absolute Gasteiger partial charge is 0.229 e. The van der Waals surface area contributed by atoms with Crippen LogP contribution in [0, 0.1) is 10.8 Å². The van der Waals surface area contributed by atoms with Crippen molar-refractivity contribution in [3.63, 3.8) is 0 Å². The van der Waals surface area contributed by atoms with Crippen molar-refractivity contribution >= 4 is 9.84 Å². The first-order valence-corrected chi connectivity index (χ1v) is 6.75. The van der Waals surface area contributed by atoms with Gasteiger partial charge in [0.2, 0.25) is 0 Å². The molecule has 0 bridgehead atoms. The van der Waals surface area contributed by atoms with Gasteiger partial charge in [-0.2, -0.15) is 0 Å². The van der Waals surface area contributed by atoms with Gasteiger partial charge in [0.05, 0.1) is 11.5 Å². The van der Waals surface area contributed by atoms with Gasteiger partial charge >= 0.3 is 0 Å². The van der Waals surface area contributed by atoms with Crippen LogP contribution in [0.4, 0.5) is 0 Å². The molecule has 2 unspecified atom stereocenters. The molecule has 2 aliphatic carbocycles. The average molecular weight is 198 g/mol. The second-order valence-electron chi connectivity index (χ2n) is 4.97. The molecule has 0 aromatic carbocycles. The monoisotopic (exact) mass is 198 g/mol. The molecule has 13 heavy (non-hydrogen) atoms. The molecule has 1 heterocycles. The SMILES string of the molecule is O=S1(=O)CC23CC=CCC2(CC3)C1. The average Bonchev–Trinajstić information content (AvgIpc) is 2.21. The number of hydrogen-bond donors (Lipinski definition) is 0. The van der Waals surface area contributed by atoms with Gasteiger partial charge in [0.25, 0.3) is 0 Å². The molecular weight excluding hydrogens is 184 g/mol. The van der Waals surface area contributed by atoms with Crippen molar-refractivity contribution in [2.75, 3.05) is 11.5 Å². The molecule has 0 spiro atoms. The van der Waals surface area contributed by atoms with E-state index < -0.39 is 9.84 Å². The summed E-state index contributed by atoms with van der Waals surface area (Å²) in [7, 11) is -2.72. The molecular formula is C10H14O2S. The van der Waals surface area contributed by atoms with Gasteiger partial charge in [0.15, 0.2) is 9.84 Å². The third-order valence-electron chi connectivity index (χ3n) is 4.38. The molecule has 1 saturated heterocycles. The molecule has 0 N–H and O–H groups in total. The van der Waals surface area contributed by atoms with Gasteiger partial charge in [0.1, 0.15) is 0 Å². The maximum absolute atomic E-state index is 11.6. The summed E-state index contributed by atoms with van der Waals surface area (Å²) in [6.07, 6.45) is 8.64. The number of sulfone groups is 1. The van der Waals surface area contributed by atoms with Gasteiger partial charge in [-0.25, -0.2) is 8.42 Å². The topological polar surface area (TPSA) is 34.1 Å². The number of hydrogen-bond acceptors (Lipinski definition) is 2. The lowest BCUT2D eigenvalue weighted by Gasteiger charge is -2.56. The summed E-state index contributed by atoms with van der Waals surface area (Å²) in [6, 6.07) is 0. The first-order chi connectivity index (χ1) is 6.08. The fourth-order valence-electron chi connectivity index (χ4n) is 3.55. The van der Waals surface area contributed by atoms with E-state index >= 15 is 0 Å². The standard InChI is InChI=1S/C10H14O2S/c11-13(12)7-9-3-1-2-4-10(9,8-13)6-5-9/h1-2H,3-8H2. The minimum atomic E-state index is -2.72. The number of rotatable bonds is 0. The van der Waals surface area contributed by atoms with Crippen molar-refractivity contribution in [3.05, 3.63) is 12.2 Å². The lowest BCUT2D eigenvalue weighted by atomic mass is 9.47. The molecule has 3 rings (SSSR count). The van der Waals surface area contributed by atoms with E-state index in [0.29, 0.717) is 11.5 Å². The zero-order chi connectivity index (χ0) is 9.16. The molecule has 1 aliphatic heterocycles. The van der Waals surface area contributed by atoms with E-state index in [2.05, 4.69) is 12.2 Å². The van der Waals surface area contributed by atoms with Crippen molar-refractivity contribution in [3.8, 4) is 0 Å². The van der Waals surface area contributed by atoms with Crippen LogP contribution in [-0.2, 0) is 9.84 Å². The zero-order valence-electron chi connectivity index (χ0n) is 7.62. The Morgan fingerprint density at radius 1 is 0.923 bits per heavy atom. The Morgan fingerprint density at radius 2 is 1.38 bits per heavy atom. The van der Waals surface area contributed by atoms with Crippen LogP contribution in [0.2, 0.25) is 0 Å². The van der Waals surface area contributed by atoms with E-state index in [0.717, 1.165) is 25.7 Å². The summed E-state index contributed by atoms with van der Waals surface area (Å²) in [5.74, 6) is 0.925. The van der Waals surface area contributed by atoms with Crippen LogP contribution >= 0.6 is 0 Å². The van der Waals surface area contributed by atoms with Crippen LogP contribution in [0.15, 0.2) is 12.2 Å². The molecule has 2 atom stereocenters. The summed E-state index contributed by atoms with van der Waals surface area (Å²) < 4.78 is 23.2. The molecule has 0 aromatic heterocycles. The lowest BCUT2D eigenvalue weighted by Crippen LogP contribution is -2.51. The smallest absolute Gasteiger partial charge is 0.151 e. The molecule has 0 amide bonds. The summed E-state index contributed by atoms with van der Waals surface area (Å²) in [4.78, 5) is 0. The maximum atomic E-state index is 11.6. The van der Waals surface area contributed by atoms with Gasteiger partial charge in [0, 0.05) is 0 Å². The predicted molar refractivity (Wildman–Crippen MR) is 51.1 cm³/mol. The molecule has 3 heteroatoms. The minimum absolute atomic E-state index is 0.167. The first kappa shape index (κ1) is 8.04. The molecule has 0 aromatic rings. The van der Waals surface area contributed by atoms with Gasteiger partial charge in [-0.15, -0.1) is 0 Å². The van der Waals surface area contributed by atoms with Gasteiger partial charge in [-0.3, -0.25) is 0 Å². The van der Waals surface area contributed by atoms with E-state index in [-0.39, 0.29) is 10.8 Å². The Bertz CT molecular complexity index is 352. The molecule has 2 fully saturated rings. The van der Waals surface area contributed by atoms with Crippen molar-refractivity contribution < 1.29 is 8.42 Å². The Kier molecular flexibility index (Phi) is 1.25. The fourth-order valence-corrected chi connectivity index (χ4v) is 6.47. The minimum Gasteiger partial charge on any atom is -0.229 e. The fraction of sp³-hybridized carbons (Fsp3) is 0.800. The molecule has 1 saturated carbocycles. The van der Waals surface area contributed by atoms with E-state index in [4.69, 9.17) is 0 Å². The highest BCUT2D eigenvalue weighted by Crippen LogP contribution is 2.67. The number of allylic oxidation sites excluding steroid dienone is 2. The summed E-state index contributed by atoms with van der Waals surface area (Å²) in [5, 5.41) is 0. The van der Waals surface area contributed by atoms with Crippen molar-refractivity contribution in [1.29, 1.82) is 0 Å². The van der Waals surface area contributed by atoms with Crippen LogP contribution in [0.5, 0.6) is 0 Å². The van der Waals surface area contributed by atoms with E-state index in [1.165, 1.54) is 0 Å². The molecule has 3 aliphatic rings. The summed E-state index contributed by atoms with van der Waals surface area (Å²) >= 11 is 0. The molecule has 72 valence electrons. The second-order valence-corrected chi connectivity index (χ2v) is 7.04. The highest BCUT2D eigenvalue weighted by atomic mass is 32.2. The quantitative estimate of drug-likeness (QED) is 0.553. The maximum Gasteiger partial charge on any atom is 0.151 e. The van der Waals surface area contributed by atoms with Crippen molar-refractivity contribution in [2.24, 2.45) is 10.8 Å². The van der Waals surface area contributed by atoms with Crippen LogP contribution in [-0.4, -0.2) is 19.9 Å². The second kappa shape index (κ2) is 2.02. The van der Waals surface area contributed by atoms with Gasteiger partial charge < -0.3 is 0 Å². The van der Waals surface area contributed by atoms with Gasteiger partial charge in [-0.1, -0.05) is 12.2 Å². The van der Waals surface area contributed by atoms with Crippen LogP contribution in [0.3, 0.4) is 0 Å². The third-order valence-corrected chi connectivity index (χ3v) is 6.37.